The maximum absolute atomic E-state index is 10.4. The molecule has 1 fully saturated rings. The van der Waals surface area contributed by atoms with E-state index in [1.807, 2.05) is 0 Å². The molecule has 0 saturated heterocycles. The minimum absolute atomic E-state index is 0.390. The summed E-state index contributed by atoms with van der Waals surface area (Å²) in [7, 11) is 1.55. The van der Waals surface area contributed by atoms with Gasteiger partial charge >= 0.3 is 6.01 Å². The van der Waals surface area contributed by atoms with Crippen LogP contribution in [0.3, 0.4) is 0 Å². The van der Waals surface area contributed by atoms with Gasteiger partial charge in [0, 0.05) is 18.5 Å². The summed E-state index contributed by atoms with van der Waals surface area (Å²) >= 11 is 0. The van der Waals surface area contributed by atoms with E-state index in [0.717, 1.165) is 30.4 Å². The normalized spacial score (nSPS) is 15.2. The van der Waals surface area contributed by atoms with Crippen LogP contribution in [0.25, 0.3) is 0 Å². The molecule has 1 aliphatic rings. The molecule has 4 heteroatoms. The number of hydrogen-bond donors (Lipinski definition) is 0. The monoisotopic (exact) mass is 192 g/mol. The molecule has 0 unspecified atom stereocenters. The second-order valence-electron chi connectivity index (χ2n) is 3.41. The van der Waals surface area contributed by atoms with E-state index in [1.54, 1.807) is 13.3 Å². The Morgan fingerprint density at radius 2 is 2.43 bits per heavy atom. The first-order chi connectivity index (χ1) is 6.85. The van der Waals surface area contributed by atoms with Gasteiger partial charge in [0.15, 0.2) is 0 Å². The highest BCUT2D eigenvalue weighted by molar-refractivity contribution is 5.55. The van der Waals surface area contributed by atoms with E-state index in [0.29, 0.717) is 18.3 Å². The van der Waals surface area contributed by atoms with Crippen molar-refractivity contribution in [2.45, 2.75) is 25.2 Å². The molecule has 1 aromatic rings. The number of aldehydes is 1. The quantitative estimate of drug-likeness (QED) is 0.670. The lowest BCUT2D eigenvalue weighted by atomic mass is 10.1. The lowest BCUT2D eigenvalue weighted by Crippen LogP contribution is -2.01. The van der Waals surface area contributed by atoms with Crippen LogP contribution in [0.2, 0.25) is 0 Å². The van der Waals surface area contributed by atoms with Gasteiger partial charge in [-0.15, -0.1) is 0 Å². The van der Waals surface area contributed by atoms with Crippen LogP contribution in [0, 0.1) is 0 Å². The number of rotatable bonds is 4. The third-order valence-corrected chi connectivity index (χ3v) is 2.33. The number of ether oxygens (including phenoxy) is 1. The van der Waals surface area contributed by atoms with Crippen LogP contribution in [-0.2, 0) is 11.2 Å². The van der Waals surface area contributed by atoms with Gasteiger partial charge < -0.3 is 9.53 Å². The van der Waals surface area contributed by atoms with Crippen molar-refractivity contribution in [3.05, 3.63) is 17.5 Å². The molecule has 0 spiro atoms. The number of nitrogens with zero attached hydrogens (tertiary/aromatic N) is 2. The summed E-state index contributed by atoms with van der Waals surface area (Å²) in [6.07, 6.45) is 5.29. The van der Waals surface area contributed by atoms with Gasteiger partial charge in [-0.2, -0.15) is 4.98 Å². The third-order valence-electron chi connectivity index (χ3n) is 2.33. The maximum Gasteiger partial charge on any atom is 0.316 e. The second kappa shape index (κ2) is 3.74. The Balaban J connectivity index is 2.33. The van der Waals surface area contributed by atoms with Crippen molar-refractivity contribution in [2.24, 2.45) is 0 Å². The first-order valence-corrected chi connectivity index (χ1v) is 4.68. The lowest BCUT2D eigenvalue weighted by Gasteiger charge is -2.05. The summed E-state index contributed by atoms with van der Waals surface area (Å²) in [5.74, 6) is 0.516. The number of carbonyl (C=O) groups excluding carboxylic acids is 1. The first kappa shape index (κ1) is 9.12. The maximum atomic E-state index is 10.4. The van der Waals surface area contributed by atoms with Gasteiger partial charge in [-0.1, -0.05) is 0 Å². The van der Waals surface area contributed by atoms with Crippen LogP contribution in [0.15, 0.2) is 6.20 Å². The largest absolute Gasteiger partial charge is 0.467 e. The van der Waals surface area contributed by atoms with Crippen LogP contribution in [0.5, 0.6) is 6.01 Å². The average Bonchev–Trinajstić information content (AvgIpc) is 3.02. The molecule has 74 valence electrons. The summed E-state index contributed by atoms with van der Waals surface area (Å²) in [6, 6.07) is 0.390. The molecule has 14 heavy (non-hydrogen) atoms. The molecule has 0 radical (unpaired) electrons. The minimum Gasteiger partial charge on any atom is -0.467 e. The summed E-state index contributed by atoms with van der Waals surface area (Å²) in [5, 5.41) is 0. The van der Waals surface area contributed by atoms with Crippen molar-refractivity contribution in [2.75, 3.05) is 7.11 Å². The fourth-order valence-corrected chi connectivity index (χ4v) is 1.46. The number of aromatic nitrogens is 2. The summed E-state index contributed by atoms with van der Waals surface area (Å²) < 4.78 is 4.96. The Hall–Kier alpha value is -1.45. The van der Waals surface area contributed by atoms with Gasteiger partial charge in [0.1, 0.15) is 6.29 Å². The van der Waals surface area contributed by atoms with Gasteiger partial charge in [0.2, 0.25) is 0 Å². The molecule has 1 saturated carbocycles. The molecule has 1 aromatic heterocycles. The van der Waals surface area contributed by atoms with Crippen molar-refractivity contribution < 1.29 is 9.53 Å². The van der Waals surface area contributed by atoms with E-state index in [2.05, 4.69) is 9.97 Å². The molecule has 0 amide bonds. The second-order valence-corrected chi connectivity index (χ2v) is 3.41. The van der Waals surface area contributed by atoms with E-state index < -0.39 is 0 Å². The van der Waals surface area contributed by atoms with E-state index in [1.165, 1.54) is 0 Å². The van der Waals surface area contributed by atoms with Gasteiger partial charge in [0.25, 0.3) is 0 Å². The van der Waals surface area contributed by atoms with Gasteiger partial charge in [-0.05, 0) is 18.4 Å². The Morgan fingerprint density at radius 3 is 3.00 bits per heavy atom. The molecular weight excluding hydrogens is 180 g/mol. The molecule has 0 atom stereocenters. The molecule has 0 N–H and O–H groups in total. The topological polar surface area (TPSA) is 52.1 Å². The third kappa shape index (κ3) is 1.73. The molecule has 4 nitrogen and oxygen atoms in total. The fraction of sp³-hybridized carbons (Fsp3) is 0.500. The first-order valence-electron chi connectivity index (χ1n) is 4.68. The molecule has 1 heterocycles. The Kier molecular flexibility index (Phi) is 2.43. The molecule has 0 aromatic carbocycles. The van der Waals surface area contributed by atoms with Crippen LogP contribution < -0.4 is 4.74 Å². The van der Waals surface area contributed by atoms with Crippen molar-refractivity contribution >= 4 is 6.29 Å². The van der Waals surface area contributed by atoms with E-state index in [4.69, 9.17) is 4.74 Å². The van der Waals surface area contributed by atoms with Crippen molar-refractivity contribution in [1.29, 1.82) is 0 Å². The Bertz CT molecular complexity index is 348. The summed E-state index contributed by atoms with van der Waals surface area (Å²) in [6.45, 7) is 0. The number of methoxy groups -OCH3 is 1. The fourth-order valence-electron chi connectivity index (χ4n) is 1.46. The van der Waals surface area contributed by atoms with Gasteiger partial charge in [-0.25, -0.2) is 4.98 Å². The zero-order valence-electron chi connectivity index (χ0n) is 8.06. The molecule has 1 aliphatic carbocycles. The molecule has 2 rings (SSSR count). The van der Waals surface area contributed by atoms with Crippen LogP contribution in [0.1, 0.15) is 30.0 Å². The van der Waals surface area contributed by atoms with E-state index >= 15 is 0 Å². The average molecular weight is 192 g/mol. The van der Waals surface area contributed by atoms with Gasteiger partial charge in [0.05, 0.1) is 12.8 Å². The predicted molar refractivity (Wildman–Crippen MR) is 50.3 cm³/mol. The van der Waals surface area contributed by atoms with Crippen LogP contribution in [-0.4, -0.2) is 23.4 Å². The smallest absolute Gasteiger partial charge is 0.316 e. The van der Waals surface area contributed by atoms with E-state index in [9.17, 15) is 4.79 Å². The van der Waals surface area contributed by atoms with E-state index in [-0.39, 0.29) is 0 Å². The Morgan fingerprint density at radius 1 is 1.64 bits per heavy atom. The number of carbonyl (C=O) groups is 1. The SMILES string of the molecule is COc1ncc(CC=O)c(C2CC2)n1. The van der Waals surface area contributed by atoms with Crippen LogP contribution in [0.4, 0.5) is 0 Å². The highest BCUT2D eigenvalue weighted by Gasteiger charge is 2.28. The highest BCUT2D eigenvalue weighted by Crippen LogP contribution is 2.40. The van der Waals surface area contributed by atoms with Crippen molar-refractivity contribution in [3.63, 3.8) is 0 Å². The Labute approximate surface area is 82.3 Å². The zero-order valence-corrected chi connectivity index (χ0v) is 8.06. The molecule has 0 bridgehead atoms. The molecular formula is C10H12N2O2. The summed E-state index contributed by atoms with van der Waals surface area (Å²) in [4.78, 5) is 18.7. The zero-order chi connectivity index (χ0) is 9.97. The minimum atomic E-state index is 0.390. The summed E-state index contributed by atoms with van der Waals surface area (Å²) in [5.41, 5.74) is 1.92. The number of hydrogen-bond acceptors (Lipinski definition) is 4. The molecule has 0 aliphatic heterocycles. The lowest BCUT2D eigenvalue weighted by molar-refractivity contribution is -0.107. The predicted octanol–water partition coefficient (Wildman–Crippen LogP) is 1.10. The van der Waals surface area contributed by atoms with Crippen LogP contribution >= 0.6 is 0 Å². The standard InChI is InChI=1S/C10H12N2O2/c1-14-10-11-6-8(4-5-13)9(12-10)7-2-3-7/h5-7H,2-4H2,1H3. The van der Waals surface area contributed by atoms with Gasteiger partial charge in [-0.3, -0.25) is 0 Å². The van der Waals surface area contributed by atoms with Crippen molar-refractivity contribution in [3.8, 4) is 6.01 Å². The van der Waals surface area contributed by atoms with Crippen molar-refractivity contribution in [1.82, 2.24) is 9.97 Å². The highest BCUT2D eigenvalue weighted by atomic mass is 16.5.